The number of carboxylic acids is 1. The molecular weight excluding hydrogens is 172 g/mol. The van der Waals surface area contributed by atoms with Gasteiger partial charge in [-0.05, 0) is 5.56 Å². The number of rotatable bonds is 4. The number of aliphatic carboxylic acids is 1. The Bertz CT molecular complexity index is 270. The Morgan fingerprint density at radius 1 is 1.38 bits per heavy atom. The van der Waals surface area contributed by atoms with Crippen LogP contribution in [0.15, 0.2) is 30.3 Å². The van der Waals surface area contributed by atoms with Gasteiger partial charge in [0.15, 0.2) is 6.10 Å². The van der Waals surface area contributed by atoms with Crippen molar-refractivity contribution in [2.75, 3.05) is 6.79 Å². The van der Waals surface area contributed by atoms with Gasteiger partial charge in [-0.25, -0.2) is 4.79 Å². The van der Waals surface area contributed by atoms with Crippen molar-refractivity contribution in [3.8, 4) is 0 Å². The maximum absolute atomic E-state index is 10.7. The summed E-state index contributed by atoms with van der Waals surface area (Å²) in [7, 11) is 0. The molecule has 0 bridgehead atoms. The molecule has 70 valence electrons. The number of benzene rings is 1. The van der Waals surface area contributed by atoms with Gasteiger partial charge in [0.25, 0.3) is 0 Å². The SMILES string of the molecule is O=C(O)[C@@H](OCO)c1ccccc1. The average Bonchev–Trinajstić information content (AvgIpc) is 2.15. The van der Waals surface area contributed by atoms with E-state index in [0.717, 1.165) is 0 Å². The second kappa shape index (κ2) is 4.59. The zero-order chi connectivity index (χ0) is 9.68. The van der Waals surface area contributed by atoms with Crippen LogP contribution in [0, 0.1) is 0 Å². The molecule has 0 spiro atoms. The van der Waals surface area contributed by atoms with Crippen LogP contribution < -0.4 is 0 Å². The first kappa shape index (κ1) is 9.70. The molecule has 0 aliphatic heterocycles. The first-order chi connectivity index (χ1) is 6.25. The molecule has 0 radical (unpaired) electrons. The van der Waals surface area contributed by atoms with Crippen LogP contribution in [0.2, 0.25) is 0 Å². The van der Waals surface area contributed by atoms with Gasteiger partial charge in [-0.15, -0.1) is 0 Å². The fraction of sp³-hybridized carbons (Fsp3) is 0.222. The van der Waals surface area contributed by atoms with E-state index in [1.807, 2.05) is 0 Å². The number of hydrogen-bond acceptors (Lipinski definition) is 3. The van der Waals surface area contributed by atoms with Crippen molar-refractivity contribution >= 4 is 5.97 Å². The zero-order valence-corrected chi connectivity index (χ0v) is 6.88. The summed E-state index contributed by atoms with van der Waals surface area (Å²) in [4.78, 5) is 10.7. The van der Waals surface area contributed by atoms with Crippen molar-refractivity contribution in [2.24, 2.45) is 0 Å². The molecule has 0 unspecified atom stereocenters. The topological polar surface area (TPSA) is 66.8 Å². The highest BCUT2D eigenvalue weighted by molar-refractivity contribution is 5.74. The maximum Gasteiger partial charge on any atom is 0.337 e. The molecule has 1 rings (SSSR count). The molecule has 0 saturated carbocycles. The van der Waals surface area contributed by atoms with E-state index in [1.54, 1.807) is 30.3 Å². The lowest BCUT2D eigenvalue weighted by atomic mass is 10.1. The number of carboxylic acid groups (broad SMARTS) is 1. The van der Waals surface area contributed by atoms with Crippen molar-refractivity contribution in [1.29, 1.82) is 0 Å². The smallest absolute Gasteiger partial charge is 0.337 e. The summed E-state index contributed by atoms with van der Waals surface area (Å²) in [5, 5.41) is 17.2. The molecule has 13 heavy (non-hydrogen) atoms. The average molecular weight is 182 g/mol. The Kier molecular flexibility index (Phi) is 3.42. The Balaban J connectivity index is 2.82. The number of aliphatic hydroxyl groups is 1. The van der Waals surface area contributed by atoms with E-state index >= 15 is 0 Å². The van der Waals surface area contributed by atoms with Crippen LogP contribution in [0.25, 0.3) is 0 Å². The lowest BCUT2D eigenvalue weighted by Gasteiger charge is -2.11. The van der Waals surface area contributed by atoms with Crippen LogP contribution in [-0.4, -0.2) is 23.0 Å². The monoisotopic (exact) mass is 182 g/mol. The summed E-state index contributed by atoms with van der Waals surface area (Å²) < 4.78 is 4.65. The molecule has 0 aliphatic rings. The molecule has 4 heteroatoms. The Morgan fingerprint density at radius 3 is 2.46 bits per heavy atom. The molecule has 0 aliphatic carbocycles. The molecule has 0 saturated heterocycles. The highest BCUT2D eigenvalue weighted by Gasteiger charge is 2.19. The van der Waals surface area contributed by atoms with Crippen molar-refractivity contribution < 1.29 is 19.7 Å². The van der Waals surface area contributed by atoms with E-state index in [-0.39, 0.29) is 0 Å². The maximum atomic E-state index is 10.7. The minimum Gasteiger partial charge on any atom is -0.479 e. The molecule has 1 aromatic rings. The normalized spacial score (nSPS) is 12.4. The van der Waals surface area contributed by atoms with Crippen LogP contribution in [0.1, 0.15) is 11.7 Å². The van der Waals surface area contributed by atoms with Crippen molar-refractivity contribution in [2.45, 2.75) is 6.10 Å². The first-order valence-electron chi connectivity index (χ1n) is 3.76. The first-order valence-corrected chi connectivity index (χ1v) is 3.76. The van der Waals surface area contributed by atoms with Crippen molar-refractivity contribution in [3.63, 3.8) is 0 Å². The number of carbonyl (C=O) groups is 1. The van der Waals surface area contributed by atoms with Gasteiger partial charge in [-0.1, -0.05) is 30.3 Å². The minimum absolute atomic E-state index is 0.518. The van der Waals surface area contributed by atoms with Crippen LogP contribution in [0.4, 0.5) is 0 Å². The second-order valence-corrected chi connectivity index (χ2v) is 2.42. The lowest BCUT2D eigenvalue weighted by molar-refractivity contribution is -0.157. The zero-order valence-electron chi connectivity index (χ0n) is 6.88. The van der Waals surface area contributed by atoms with Gasteiger partial charge >= 0.3 is 5.97 Å². The van der Waals surface area contributed by atoms with E-state index in [4.69, 9.17) is 10.2 Å². The van der Waals surface area contributed by atoms with Gasteiger partial charge in [-0.2, -0.15) is 0 Å². The summed E-state index contributed by atoms with van der Waals surface area (Å²) in [5.74, 6) is -1.11. The summed E-state index contributed by atoms with van der Waals surface area (Å²) in [5.41, 5.74) is 0.518. The van der Waals surface area contributed by atoms with Crippen LogP contribution >= 0.6 is 0 Å². The van der Waals surface area contributed by atoms with E-state index in [2.05, 4.69) is 4.74 Å². The standard InChI is InChI=1S/C9H10O4/c10-6-13-8(9(11)12)7-4-2-1-3-5-7/h1-5,8,10H,6H2,(H,11,12)/t8-/m0/s1. The molecule has 1 aromatic carbocycles. The highest BCUT2D eigenvalue weighted by Crippen LogP contribution is 2.16. The largest absolute Gasteiger partial charge is 0.479 e. The predicted octanol–water partition coefficient (Wildman–Crippen LogP) is 0.779. The highest BCUT2D eigenvalue weighted by atomic mass is 16.6. The lowest BCUT2D eigenvalue weighted by Crippen LogP contribution is -2.15. The van der Waals surface area contributed by atoms with Gasteiger partial charge in [0, 0.05) is 0 Å². The van der Waals surface area contributed by atoms with Crippen molar-refractivity contribution in [1.82, 2.24) is 0 Å². The van der Waals surface area contributed by atoms with Crippen molar-refractivity contribution in [3.05, 3.63) is 35.9 Å². The van der Waals surface area contributed by atoms with Crippen LogP contribution in [-0.2, 0) is 9.53 Å². The Morgan fingerprint density at radius 2 is 2.00 bits per heavy atom. The van der Waals surface area contributed by atoms with Gasteiger partial charge in [-0.3, -0.25) is 0 Å². The van der Waals surface area contributed by atoms with E-state index in [0.29, 0.717) is 5.56 Å². The number of aliphatic hydroxyl groups excluding tert-OH is 1. The molecule has 0 fully saturated rings. The van der Waals surface area contributed by atoms with Gasteiger partial charge < -0.3 is 14.9 Å². The molecule has 4 nitrogen and oxygen atoms in total. The van der Waals surface area contributed by atoms with E-state index in [9.17, 15) is 4.79 Å². The summed E-state index contributed by atoms with van der Waals surface area (Å²) in [6, 6.07) is 8.47. The molecular formula is C9H10O4. The van der Waals surface area contributed by atoms with Gasteiger partial charge in [0.05, 0.1) is 0 Å². The van der Waals surface area contributed by atoms with Gasteiger partial charge in [0.2, 0.25) is 0 Å². The van der Waals surface area contributed by atoms with Gasteiger partial charge in [0.1, 0.15) is 6.79 Å². The third-order valence-corrected chi connectivity index (χ3v) is 1.57. The molecule has 0 heterocycles. The summed E-state index contributed by atoms with van der Waals surface area (Å²) in [6.07, 6.45) is -1.09. The van der Waals surface area contributed by atoms with E-state index in [1.165, 1.54) is 0 Å². The van der Waals surface area contributed by atoms with Crippen LogP contribution in [0.3, 0.4) is 0 Å². The quantitative estimate of drug-likeness (QED) is 0.675. The molecule has 1 atom stereocenters. The third-order valence-electron chi connectivity index (χ3n) is 1.57. The summed E-state index contributed by atoms with van der Waals surface area (Å²) >= 11 is 0. The Labute approximate surface area is 75.4 Å². The fourth-order valence-corrected chi connectivity index (χ4v) is 1.01. The fourth-order valence-electron chi connectivity index (χ4n) is 1.01. The summed E-state index contributed by atoms with van der Waals surface area (Å²) in [6.45, 7) is -0.605. The predicted molar refractivity (Wildman–Crippen MR) is 45.0 cm³/mol. The Hall–Kier alpha value is -1.39. The number of hydrogen-bond donors (Lipinski definition) is 2. The molecule has 0 amide bonds. The molecule has 2 N–H and O–H groups in total. The van der Waals surface area contributed by atoms with Crippen LogP contribution in [0.5, 0.6) is 0 Å². The number of ether oxygens (including phenoxy) is 1. The second-order valence-electron chi connectivity index (χ2n) is 2.42. The minimum atomic E-state index is -1.11. The van der Waals surface area contributed by atoms with E-state index < -0.39 is 18.9 Å². The molecule has 0 aromatic heterocycles. The third kappa shape index (κ3) is 2.54.